The van der Waals surface area contributed by atoms with E-state index >= 15 is 0 Å². The zero-order valence-corrected chi connectivity index (χ0v) is 8.61. The number of halogens is 2. The van der Waals surface area contributed by atoms with E-state index in [0.717, 1.165) is 4.90 Å². The van der Waals surface area contributed by atoms with Crippen LogP contribution in [0.15, 0.2) is 6.07 Å². The number of nitriles is 2. The Bertz CT molecular complexity index is 473. The third-order valence-electron chi connectivity index (χ3n) is 1.87. The smallest absolute Gasteiger partial charge is 0.178 e. The zero-order valence-electron chi connectivity index (χ0n) is 8.61. The lowest BCUT2D eigenvalue weighted by Crippen LogP contribution is -2.27. The molecule has 0 atom stereocenters. The highest BCUT2D eigenvalue weighted by atomic mass is 19.1. The molecule has 0 fully saturated rings. The number of nitrogens with zero attached hydrogens (tertiary/aromatic N) is 4. The second kappa shape index (κ2) is 5.58. The van der Waals surface area contributed by atoms with E-state index in [4.69, 9.17) is 16.4 Å². The highest BCUT2D eigenvalue weighted by Crippen LogP contribution is 2.21. The SMILES string of the molecule is N#CCN(CC#N)c1nc(NN)c(F)cc1F. The molecule has 1 aromatic heterocycles. The summed E-state index contributed by atoms with van der Waals surface area (Å²) in [5.74, 6) is 2.41. The van der Waals surface area contributed by atoms with Gasteiger partial charge >= 0.3 is 0 Å². The third-order valence-corrected chi connectivity index (χ3v) is 1.87. The Hall–Kier alpha value is -2.45. The number of nitrogens with one attached hydrogen (secondary N) is 1. The molecule has 0 unspecified atom stereocenters. The van der Waals surface area contributed by atoms with E-state index < -0.39 is 11.6 Å². The van der Waals surface area contributed by atoms with Gasteiger partial charge in [0.25, 0.3) is 0 Å². The molecule has 0 bridgehead atoms. The van der Waals surface area contributed by atoms with Crippen LogP contribution in [0.5, 0.6) is 0 Å². The van der Waals surface area contributed by atoms with Gasteiger partial charge in [-0.15, -0.1) is 0 Å². The molecule has 88 valence electrons. The number of hydrazine groups is 1. The third kappa shape index (κ3) is 2.77. The summed E-state index contributed by atoms with van der Waals surface area (Å²) in [5, 5.41) is 17.1. The summed E-state index contributed by atoms with van der Waals surface area (Å²) < 4.78 is 26.5. The number of pyridine rings is 1. The lowest BCUT2D eigenvalue weighted by Gasteiger charge is -2.18. The first-order valence-electron chi connectivity index (χ1n) is 4.45. The summed E-state index contributed by atoms with van der Waals surface area (Å²) >= 11 is 0. The molecule has 0 saturated heterocycles. The van der Waals surface area contributed by atoms with Gasteiger partial charge in [-0.25, -0.2) is 19.6 Å². The molecule has 3 N–H and O–H groups in total. The molecule has 0 spiro atoms. The zero-order chi connectivity index (χ0) is 12.8. The van der Waals surface area contributed by atoms with Crippen molar-refractivity contribution in [1.29, 1.82) is 10.5 Å². The maximum absolute atomic E-state index is 13.4. The molecule has 0 saturated carbocycles. The maximum Gasteiger partial charge on any atom is 0.178 e. The van der Waals surface area contributed by atoms with Gasteiger partial charge in [-0.3, -0.25) is 0 Å². The van der Waals surface area contributed by atoms with Crippen LogP contribution >= 0.6 is 0 Å². The minimum atomic E-state index is -0.966. The van der Waals surface area contributed by atoms with Crippen LogP contribution in [0.2, 0.25) is 0 Å². The molecular weight excluding hydrogens is 230 g/mol. The molecule has 1 heterocycles. The summed E-state index contributed by atoms with van der Waals surface area (Å²) in [7, 11) is 0. The standard InChI is InChI=1S/C9H8F2N6/c10-6-5-7(11)9(15-8(6)16-14)17(3-1-12)4-2-13/h5H,3-4,14H2,(H,15,16). The fraction of sp³-hybridized carbons (Fsp3) is 0.222. The van der Waals surface area contributed by atoms with Crippen LogP contribution < -0.4 is 16.2 Å². The summed E-state index contributed by atoms with van der Waals surface area (Å²) in [4.78, 5) is 4.63. The van der Waals surface area contributed by atoms with Crippen LogP contribution in [-0.4, -0.2) is 18.1 Å². The number of anilines is 2. The van der Waals surface area contributed by atoms with Gasteiger partial charge in [0.1, 0.15) is 13.1 Å². The highest BCUT2D eigenvalue weighted by molar-refractivity contribution is 5.49. The monoisotopic (exact) mass is 238 g/mol. The first-order chi connectivity index (χ1) is 8.13. The van der Waals surface area contributed by atoms with Gasteiger partial charge in [-0.1, -0.05) is 0 Å². The van der Waals surface area contributed by atoms with Crippen LogP contribution in [0.4, 0.5) is 20.4 Å². The van der Waals surface area contributed by atoms with Crippen LogP contribution in [0.3, 0.4) is 0 Å². The molecule has 0 radical (unpaired) electrons. The molecule has 0 aromatic carbocycles. The Balaban J connectivity index is 3.19. The summed E-state index contributed by atoms with van der Waals surface area (Å²) in [6.45, 7) is -0.486. The first-order valence-corrected chi connectivity index (χ1v) is 4.45. The molecule has 0 aliphatic rings. The lowest BCUT2D eigenvalue weighted by molar-refractivity contribution is 0.573. The average molecular weight is 238 g/mol. The van der Waals surface area contributed by atoms with Crippen molar-refractivity contribution in [3.8, 4) is 12.1 Å². The first kappa shape index (κ1) is 12.6. The second-order valence-electron chi connectivity index (χ2n) is 2.94. The average Bonchev–Trinajstić information content (AvgIpc) is 2.29. The van der Waals surface area contributed by atoms with Gasteiger partial charge in [-0.05, 0) is 0 Å². The fourth-order valence-electron chi connectivity index (χ4n) is 1.16. The van der Waals surface area contributed by atoms with Gasteiger partial charge in [-0.2, -0.15) is 10.5 Å². The number of nitrogen functional groups attached to an aromatic ring is 1. The van der Waals surface area contributed by atoms with Crippen LogP contribution in [0.1, 0.15) is 0 Å². The molecule has 0 aliphatic heterocycles. The molecule has 6 nitrogen and oxygen atoms in total. The van der Waals surface area contributed by atoms with E-state index in [0.29, 0.717) is 6.07 Å². The Morgan fingerprint density at radius 2 is 1.88 bits per heavy atom. The van der Waals surface area contributed by atoms with Crippen LogP contribution in [0, 0.1) is 34.3 Å². The summed E-state index contributed by atoms with van der Waals surface area (Å²) in [6, 6.07) is 4.09. The Labute approximate surface area is 95.8 Å². The van der Waals surface area contributed by atoms with Crippen molar-refractivity contribution in [2.45, 2.75) is 0 Å². The normalized spacial score (nSPS) is 9.24. The number of hydrogen-bond donors (Lipinski definition) is 2. The van der Waals surface area contributed by atoms with Gasteiger partial charge < -0.3 is 10.3 Å². The number of nitrogens with two attached hydrogens (primary N) is 1. The molecule has 1 rings (SSSR count). The number of rotatable bonds is 4. The van der Waals surface area contributed by atoms with E-state index in [1.54, 1.807) is 12.1 Å². The quantitative estimate of drug-likeness (QED) is 0.450. The lowest BCUT2D eigenvalue weighted by atomic mass is 10.3. The van der Waals surface area contributed by atoms with Crippen molar-refractivity contribution >= 4 is 11.6 Å². The van der Waals surface area contributed by atoms with Gasteiger partial charge in [0.2, 0.25) is 0 Å². The number of aromatic nitrogens is 1. The van der Waals surface area contributed by atoms with Crippen molar-refractivity contribution in [2.24, 2.45) is 5.84 Å². The van der Waals surface area contributed by atoms with Crippen molar-refractivity contribution in [1.82, 2.24) is 4.98 Å². The van der Waals surface area contributed by atoms with E-state index in [2.05, 4.69) is 4.98 Å². The Morgan fingerprint density at radius 1 is 1.29 bits per heavy atom. The van der Waals surface area contributed by atoms with E-state index in [1.807, 2.05) is 5.43 Å². The fourth-order valence-corrected chi connectivity index (χ4v) is 1.16. The molecule has 0 amide bonds. The summed E-state index contributed by atoms with van der Waals surface area (Å²) in [5.41, 5.74) is 1.96. The van der Waals surface area contributed by atoms with Crippen molar-refractivity contribution < 1.29 is 8.78 Å². The highest BCUT2D eigenvalue weighted by Gasteiger charge is 2.16. The topological polar surface area (TPSA) is 102 Å². The minimum absolute atomic E-state index is 0.243. The molecular formula is C9H8F2N6. The second-order valence-corrected chi connectivity index (χ2v) is 2.94. The molecule has 17 heavy (non-hydrogen) atoms. The van der Waals surface area contributed by atoms with E-state index in [9.17, 15) is 8.78 Å². The van der Waals surface area contributed by atoms with Gasteiger partial charge in [0.15, 0.2) is 23.3 Å². The Morgan fingerprint density at radius 3 is 2.35 bits per heavy atom. The van der Waals surface area contributed by atoms with Crippen molar-refractivity contribution in [3.05, 3.63) is 17.7 Å². The maximum atomic E-state index is 13.4. The van der Waals surface area contributed by atoms with Gasteiger partial charge in [0, 0.05) is 6.07 Å². The molecule has 1 aromatic rings. The minimum Gasteiger partial charge on any atom is -0.327 e. The van der Waals surface area contributed by atoms with E-state index in [1.165, 1.54) is 0 Å². The van der Waals surface area contributed by atoms with E-state index in [-0.39, 0.29) is 24.7 Å². The number of hydrogen-bond acceptors (Lipinski definition) is 6. The molecule has 0 aliphatic carbocycles. The predicted molar refractivity (Wildman–Crippen MR) is 55.4 cm³/mol. The van der Waals surface area contributed by atoms with Crippen LogP contribution in [0.25, 0.3) is 0 Å². The van der Waals surface area contributed by atoms with Crippen molar-refractivity contribution in [3.63, 3.8) is 0 Å². The van der Waals surface area contributed by atoms with Crippen molar-refractivity contribution in [2.75, 3.05) is 23.4 Å². The van der Waals surface area contributed by atoms with Gasteiger partial charge in [0.05, 0.1) is 12.1 Å². The molecule has 8 heteroatoms. The Kier molecular flexibility index (Phi) is 4.14. The largest absolute Gasteiger partial charge is 0.327 e. The predicted octanol–water partition coefficient (Wildman–Crippen LogP) is 0.499. The van der Waals surface area contributed by atoms with Crippen LogP contribution in [-0.2, 0) is 0 Å². The summed E-state index contributed by atoms with van der Waals surface area (Å²) in [6.07, 6.45) is 0.